The fourth-order valence-corrected chi connectivity index (χ4v) is 4.03. The molecule has 1 aromatic heterocycles. The maximum atomic E-state index is 10.8. The van der Waals surface area contributed by atoms with Crippen LogP contribution in [-0.4, -0.2) is 16.8 Å². The summed E-state index contributed by atoms with van der Waals surface area (Å²) in [6.07, 6.45) is 0. The molecule has 0 atom stereocenters. The van der Waals surface area contributed by atoms with Gasteiger partial charge in [-0.1, -0.05) is 0 Å². The third kappa shape index (κ3) is 2.25. The van der Waals surface area contributed by atoms with Gasteiger partial charge in [-0.25, -0.2) is 27.1 Å². The Labute approximate surface area is 79.3 Å². The first kappa shape index (κ1) is 10.6. The Morgan fingerprint density at radius 3 is 1.92 bits per heavy atom. The van der Waals surface area contributed by atoms with Gasteiger partial charge in [0.2, 0.25) is 20.0 Å². The largest absolute Gasteiger partial charge is 0.248 e. The predicted molar refractivity (Wildman–Crippen MR) is 47.1 cm³/mol. The smallest absolute Gasteiger partial charge is 0.225 e. The lowest BCUT2D eigenvalue weighted by molar-refractivity contribution is 0.587. The molecule has 1 heterocycles. The molecule has 0 spiro atoms. The minimum Gasteiger partial charge on any atom is -0.225 e. The molecule has 0 fully saturated rings. The summed E-state index contributed by atoms with van der Waals surface area (Å²) >= 11 is 0.711. The summed E-state index contributed by atoms with van der Waals surface area (Å²) in [7, 11) is -8.04. The topological polar surface area (TPSA) is 120 Å². The van der Waals surface area contributed by atoms with Crippen molar-refractivity contribution < 1.29 is 16.8 Å². The van der Waals surface area contributed by atoms with E-state index in [-0.39, 0.29) is 0 Å². The molecule has 0 radical (unpaired) electrons. The lowest BCUT2D eigenvalue weighted by Crippen LogP contribution is -2.18. The maximum Gasteiger partial charge on any atom is 0.248 e. The van der Waals surface area contributed by atoms with Crippen molar-refractivity contribution in [1.29, 1.82) is 0 Å². The molecular weight excluding hydrogens is 236 g/mol. The molecule has 0 aliphatic rings. The van der Waals surface area contributed by atoms with Crippen molar-refractivity contribution in [1.82, 2.24) is 0 Å². The Hall–Kier alpha value is -0.480. The van der Waals surface area contributed by atoms with Crippen molar-refractivity contribution in [3.05, 3.63) is 11.4 Å². The number of hydrogen-bond acceptors (Lipinski definition) is 5. The summed E-state index contributed by atoms with van der Waals surface area (Å²) in [5, 5.41) is 10.8. The van der Waals surface area contributed by atoms with Gasteiger partial charge in [0.25, 0.3) is 0 Å². The molecule has 9 heteroatoms. The van der Waals surface area contributed by atoms with E-state index in [1.807, 2.05) is 0 Å². The molecule has 74 valence electrons. The second-order valence-corrected chi connectivity index (χ2v) is 6.36. The fourth-order valence-electron chi connectivity index (χ4n) is 0.702. The second-order valence-electron chi connectivity index (χ2n) is 2.16. The van der Waals surface area contributed by atoms with Gasteiger partial charge in [0.1, 0.15) is 4.90 Å². The van der Waals surface area contributed by atoms with Gasteiger partial charge >= 0.3 is 0 Å². The second kappa shape index (κ2) is 3.03. The summed E-state index contributed by atoms with van der Waals surface area (Å²) in [4.78, 5) is -0.458. The van der Waals surface area contributed by atoms with Crippen molar-refractivity contribution in [3.63, 3.8) is 0 Å². The molecule has 6 nitrogen and oxygen atoms in total. The maximum absolute atomic E-state index is 10.8. The van der Waals surface area contributed by atoms with Crippen LogP contribution in [0.4, 0.5) is 0 Å². The Morgan fingerprint density at radius 1 is 1.08 bits per heavy atom. The van der Waals surface area contributed by atoms with Crippen molar-refractivity contribution in [2.24, 2.45) is 10.3 Å². The zero-order chi connectivity index (χ0) is 10.3. The third-order valence-corrected chi connectivity index (χ3v) is 4.80. The van der Waals surface area contributed by atoms with E-state index in [9.17, 15) is 16.8 Å². The first-order chi connectivity index (χ1) is 5.73. The van der Waals surface area contributed by atoms with Crippen LogP contribution in [-0.2, 0) is 20.0 Å². The van der Waals surface area contributed by atoms with Crippen LogP contribution in [0.2, 0.25) is 0 Å². The van der Waals surface area contributed by atoms with Gasteiger partial charge in [-0.2, -0.15) is 0 Å². The Bertz CT molecular complexity index is 465. The van der Waals surface area contributed by atoms with Crippen LogP contribution < -0.4 is 10.3 Å². The standard InChI is InChI=1S/C4H6N2O4S3/c5-12(7,8)3-1-2-11-4(3)13(6,9)10/h1-2H,(H2,5,7,8)(H2,6,9,10). The highest BCUT2D eigenvalue weighted by molar-refractivity contribution is 7.93. The van der Waals surface area contributed by atoms with Gasteiger partial charge < -0.3 is 0 Å². The first-order valence-electron chi connectivity index (χ1n) is 2.86. The minimum absolute atomic E-state index is 0.435. The highest BCUT2D eigenvalue weighted by Crippen LogP contribution is 2.24. The van der Waals surface area contributed by atoms with E-state index in [4.69, 9.17) is 10.3 Å². The van der Waals surface area contributed by atoms with E-state index >= 15 is 0 Å². The van der Waals surface area contributed by atoms with Crippen molar-refractivity contribution in [3.8, 4) is 0 Å². The number of sulfonamides is 2. The fraction of sp³-hybridized carbons (Fsp3) is 0. The third-order valence-electron chi connectivity index (χ3n) is 1.16. The number of nitrogens with two attached hydrogens (primary N) is 2. The van der Waals surface area contributed by atoms with Crippen LogP contribution in [0.25, 0.3) is 0 Å². The summed E-state index contributed by atoms with van der Waals surface area (Å²) in [5.74, 6) is 0. The van der Waals surface area contributed by atoms with Gasteiger partial charge in [0.05, 0.1) is 0 Å². The molecule has 0 aromatic carbocycles. The van der Waals surface area contributed by atoms with E-state index in [0.29, 0.717) is 11.3 Å². The molecule has 4 N–H and O–H groups in total. The van der Waals surface area contributed by atoms with Crippen LogP contribution in [0.5, 0.6) is 0 Å². The monoisotopic (exact) mass is 242 g/mol. The van der Waals surface area contributed by atoms with E-state index in [1.165, 1.54) is 5.38 Å². The molecule has 0 unspecified atom stereocenters. The summed E-state index contributed by atoms with van der Waals surface area (Å²) < 4.78 is 42.9. The molecule has 0 saturated heterocycles. The number of rotatable bonds is 2. The van der Waals surface area contributed by atoms with Crippen molar-refractivity contribution in [2.75, 3.05) is 0 Å². The lowest BCUT2D eigenvalue weighted by Gasteiger charge is -1.97. The zero-order valence-electron chi connectivity index (χ0n) is 6.17. The average molecular weight is 242 g/mol. The summed E-state index contributed by atoms with van der Waals surface area (Å²) in [5.41, 5.74) is 0. The molecule has 1 aromatic rings. The van der Waals surface area contributed by atoms with Gasteiger partial charge in [0.15, 0.2) is 4.21 Å². The van der Waals surface area contributed by atoms with Crippen LogP contribution in [0.3, 0.4) is 0 Å². The highest BCUT2D eigenvalue weighted by atomic mass is 32.2. The van der Waals surface area contributed by atoms with Crippen molar-refractivity contribution in [2.45, 2.75) is 9.10 Å². The van der Waals surface area contributed by atoms with Gasteiger partial charge in [-0.15, -0.1) is 11.3 Å². The summed E-state index contributed by atoms with van der Waals surface area (Å²) in [6, 6.07) is 1.10. The molecule has 0 amide bonds. The van der Waals surface area contributed by atoms with E-state index in [2.05, 4.69) is 0 Å². The Balaban J connectivity index is 3.54. The van der Waals surface area contributed by atoms with Gasteiger partial charge in [0, 0.05) is 0 Å². The molecule has 13 heavy (non-hydrogen) atoms. The summed E-state index contributed by atoms with van der Waals surface area (Å²) in [6.45, 7) is 0. The molecule has 0 bridgehead atoms. The van der Waals surface area contributed by atoms with Crippen LogP contribution in [0.1, 0.15) is 0 Å². The lowest BCUT2D eigenvalue weighted by atomic mass is 10.7. The molecule has 0 aliphatic carbocycles. The van der Waals surface area contributed by atoms with Crippen molar-refractivity contribution >= 4 is 31.4 Å². The zero-order valence-corrected chi connectivity index (χ0v) is 8.62. The minimum atomic E-state index is -4.02. The number of primary sulfonamides is 2. The molecule has 0 aliphatic heterocycles. The predicted octanol–water partition coefficient (Wildman–Crippen LogP) is -0.957. The highest BCUT2D eigenvalue weighted by Gasteiger charge is 2.22. The normalized spacial score (nSPS) is 13.1. The molecule has 1 rings (SSSR count). The average Bonchev–Trinajstić information content (AvgIpc) is 2.27. The molecule has 0 saturated carbocycles. The van der Waals surface area contributed by atoms with E-state index < -0.39 is 29.2 Å². The van der Waals surface area contributed by atoms with Crippen LogP contribution in [0.15, 0.2) is 20.6 Å². The quantitative estimate of drug-likeness (QED) is 0.694. The van der Waals surface area contributed by atoms with Gasteiger partial charge in [-0.3, -0.25) is 0 Å². The van der Waals surface area contributed by atoms with Gasteiger partial charge in [-0.05, 0) is 11.4 Å². The Morgan fingerprint density at radius 2 is 1.62 bits per heavy atom. The SMILES string of the molecule is NS(=O)(=O)c1ccsc1S(N)(=O)=O. The first-order valence-corrected chi connectivity index (χ1v) is 6.83. The van der Waals surface area contributed by atoms with E-state index in [1.54, 1.807) is 0 Å². The van der Waals surface area contributed by atoms with Crippen LogP contribution in [0, 0.1) is 0 Å². The number of thiophene rings is 1. The number of hydrogen-bond donors (Lipinski definition) is 2. The van der Waals surface area contributed by atoms with Crippen LogP contribution >= 0.6 is 11.3 Å². The van der Waals surface area contributed by atoms with E-state index in [0.717, 1.165) is 6.07 Å². The Kier molecular flexibility index (Phi) is 2.47. The molecular formula is C4H6N2O4S3.